The van der Waals surface area contributed by atoms with Crippen molar-refractivity contribution in [2.75, 3.05) is 18.9 Å². The third-order valence-electron chi connectivity index (χ3n) is 5.46. The Morgan fingerprint density at radius 1 is 1.03 bits per heavy atom. The maximum Gasteiger partial charge on any atom is 0.251 e. The number of hydrogen-bond donors (Lipinski definition) is 2. The van der Waals surface area contributed by atoms with Gasteiger partial charge >= 0.3 is 0 Å². The van der Waals surface area contributed by atoms with Crippen LogP contribution in [-0.2, 0) is 0 Å². The van der Waals surface area contributed by atoms with Crippen molar-refractivity contribution in [1.82, 2.24) is 25.3 Å². The third-order valence-corrected chi connectivity index (χ3v) is 5.46. The summed E-state index contributed by atoms with van der Waals surface area (Å²) < 4.78 is 0. The minimum Gasteiger partial charge on any atom is -0.369 e. The van der Waals surface area contributed by atoms with Gasteiger partial charge in [-0.05, 0) is 37.6 Å². The Balaban J connectivity index is 1.58. The van der Waals surface area contributed by atoms with Crippen molar-refractivity contribution in [1.29, 1.82) is 0 Å². The van der Waals surface area contributed by atoms with E-state index in [2.05, 4.69) is 38.6 Å². The molecule has 7 heteroatoms. The average molecular weight is 427 g/mol. The highest BCUT2D eigenvalue weighted by molar-refractivity contribution is 6.06. The quantitative estimate of drug-likeness (QED) is 0.478. The van der Waals surface area contributed by atoms with Crippen molar-refractivity contribution >= 4 is 22.6 Å². The normalized spacial score (nSPS) is 11.9. The van der Waals surface area contributed by atoms with E-state index in [1.807, 2.05) is 56.4 Å². The van der Waals surface area contributed by atoms with Crippen LogP contribution in [0.15, 0.2) is 55.0 Å². The van der Waals surface area contributed by atoms with E-state index in [-0.39, 0.29) is 11.8 Å². The van der Waals surface area contributed by atoms with Crippen LogP contribution in [0.3, 0.4) is 0 Å². The number of fused-ring (bicyclic) bond motifs is 1. The van der Waals surface area contributed by atoms with Crippen molar-refractivity contribution < 1.29 is 4.79 Å². The molecule has 2 N–H and O–H groups in total. The number of amides is 1. The molecule has 32 heavy (non-hydrogen) atoms. The number of rotatable bonds is 6. The number of aromatic nitrogens is 4. The van der Waals surface area contributed by atoms with Gasteiger partial charge in [0.2, 0.25) is 0 Å². The highest BCUT2D eigenvalue weighted by Gasteiger charge is 2.16. The molecule has 0 fully saturated rings. The molecule has 0 spiro atoms. The van der Waals surface area contributed by atoms with Crippen LogP contribution in [0.1, 0.15) is 40.2 Å². The molecule has 3 aromatic heterocycles. The molecule has 1 atom stereocenters. The molecule has 0 radical (unpaired) electrons. The van der Waals surface area contributed by atoms with Gasteiger partial charge in [-0.2, -0.15) is 0 Å². The van der Waals surface area contributed by atoms with E-state index >= 15 is 0 Å². The van der Waals surface area contributed by atoms with Gasteiger partial charge in [0, 0.05) is 54.1 Å². The van der Waals surface area contributed by atoms with E-state index in [1.54, 1.807) is 13.4 Å². The number of nitrogens with one attached hydrogen (secondary N) is 2. The number of nitrogens with zero attached hydrogens (tertiary/aromatic N) is 4. The van der Waals surface area contributed by atoms with Crippen molar-refractivity contribution in [3.63, 3.8) is 0 Å². The molecule has 4 aromatic rings. The third kappa shape index (κ3) is 4.42. The van der Waals surface area contributed by atoms with Crippen LogP contribution >= 0.6 is 0 Å². The van der Waals surface area contributed by atoms with E-state index in [4.69, 9.17) is 4.98 Å². The fourth-order valence-electron chi connectivity index (χ4n) is 3.72. The Bertz CT molecular complexity index is 1270. The van der Waals surface area contributed by atoms with Crippen molar-refractivity contribution in [3.05, 3.63) is 77.5 Å². The average Bonchev–Trinajstić information content (AvgIpc) is 2.81. The minimum atomic E-state index is -0.109. The largest absolute Gasteiger partial charge is 0.369 e. The van der Waals surface area contributed by atoms with Crippen molar-refractivity contribution in [2.45, 2.75) is 26.7 Å². The second-order valence-electron chi connectivity index (χ2n) is 7.89. The minimum absolute atomic E-state index is 0.109. The number of benzene rings is 1. The number of carbonyl (C=O) groups is 1. The number of anilines is 1. The Morgan fingerprint density at radius 3 is 2.62 bits per heavy atom. The molecule has 7 nitrogen and oxygen atoms in total. The summed E-state index contributed by atoms with van der Waals surface area (Å²) in [6.45, 7) is 6.66. The summed E-state index contributed by atoms with van der Waals surface area (Å²) in [6.07, 6.45) is 3.37. The van der Waals surface area contributed by atoms with Crippen LogP contribution in [-0.4, -0.2) is 39.4 Å². The summed E-state index contributed by atoms with van der Waals surface area (Å²) >= 11 is 0. The fraction of sp³-hybridized carbons (Fsp3) is 0.240. The summed E-state index contributed by atoms with van der Waals surface area (Å²) in [7, 11) is 1.64. The van der Waals surface area contributed by atoms with Gasteiger partial charge in [-0.15, -0.1) is 0 Å². The molecule has 0 aliphatic carbocycles. The molecular formula is C25H26N6O. The Kier molecular flexibility index (Phi) is 6.07. The zero-order valence-corrected chi connectivity index (χ0v) is 18.7. The van der Waals surface area contributed by atoms with Gasteiger partial charge in [0.15, 0.2) is 0 Å². The van der Waals surface area contributed by atoms with Gasteiger partial charge in [-0.1, -0.05) is 25.1 Å². The van der Waals surface area contributed by atoms with E-state index in [1.165, 1.54) is 0 Å². The molecule has 1 amide bonds. The number of carbonyl (C=O) groups excluding carboxylic acids is 1. The molecule has 0 saturated heterocycles. The molecule has 4 rings (SSSR count). The predicted molar refractivity (Wildman–Crippen MR) is 127 cm³/mol. The molecule has 162 valence electrons. The van der Waals surface area contributed by atoms with Crippen molar-refractivity contribution in [3.8, 4) is 11.3 Å². The van der Waals surface area contributed by atoms with E-state index in [9.17, 15) is 4.79 Å². The number of aryl methyl sites for hydroxylation is 2. The second kappa shape index (κ2) is 9.09. The van der Waals surface area contributed by atoms with Gasteiger partial charge in [-0.3, -0.25) is 14.8 Å². The summed E-state index contributed by atoms with van der Waals surface area (Å²) in [4.78, 5) is 30.2. The van der Waals surface area contributed by atoms with E-state index < -0.39 is 0 Å². The van der Waals surface area contributed by atoms with Gasteiger partial charge in [0.1, 0.15) is 12.1 Å². The van der Waals surface area contributed by atoms with Gasteiger partial charge in [0.05, 0.1) is 16.8 Å². The van der Waals surface area contributed by atoms with Crippen LogP contribution in [0.2, 0.25) is 0 Å². The Hall–Kier alpha value is -3.87. The smallest absolute Gasteiger partial charge is 0.251 e. The molecule has 0 bridgehead atoms. The van der Waals surface area contributed by atoms with Crippen LogP contribution in [0.4, 0.5) is 5.82 Å². The molecular weight excluding hydrogens is 400 g/mol. The molecule has 0 aliphatic heterocycles. The maximum atomic E-state index is 12.4. The highest BCUT2D eigenvalue weighted by atomic mass is 16.1. The van der Waals surface area contributed by atoms with E-state index in [0.29, 0.717) is 12.1 Å². The first-order chi connectivity index (χ1) is 15.5. The summed E-state index contributed by atoms with van der Waals surface area (Å²) in [6, 6.07) is 13.7. The highest BCUT2D eigenvalue weighted by Crippen LogP contribution is 2.28. The molecule has 0 aliphatic rings. The lowest BCUT2D eigenvalue weighted by atomic mass is 9.95. The zero-order valence-electron chi connectivity index (χ0n) is 18.7. The van der Waals surface area contributed by atoms with Gasteiger partial charge in [-0.25, -0.2) is 9.97 Å². The SMILES string of the molecule is CNC(=O)c1cc(C)nc2c([C@H](C)CNc3cc(-c4ccc(C)nc4)ncn3)cccc12. The molecule has 1 aromatic carbocycles. The molecule has 0 saturated carbocycles. The fourth-order valence-corrected chi connectivity index (χ4v) is 3.72. The lowest BCUT2D eigenvalue weighted by Gasteiger charge is -2.17. The van der Waals surface area contributed by atoms with E-state index in [0.717, 1.165) is 44.9 Å². The van der Waals surface area contributed by atoms with Gasteiger partial charge < -0.3 is 10.6 Å². The van der Waals surface area contributed by atoms with Crippen molar-refractivity contribution in [2.24, 2.45) is 0 Å². The standard InChI is InChI=1S/C25H26N6O/c1-15(12-28-23-11-22(29-14-30-23)18-9-8-16(2)27-13-18)19-6-5-7-20-21(25(32)26-4)10-17(3)31-24(19)20/h5-11,13-15H,12H2,1-4H3,(H,26,32)(H,28,29,30)/t15-/m1/s1. The Morgan fingerprint density at radius 2 is 1.88 bits per heavy atom. The van der Waals surface area contributed by atoms with Crippen LogP contribution in [0.25, 0.3) is 22.2 Å². The van der Waals surface area contributed by atoms with Crippen LogP contribution in [0, 0.1) is 13.8 Å². The number of hydrogen-bond acceptors (Lipinski definition) is 6. The maximum absolute atomic E-state index is 12.4. The Labute approximate surface area is 187 Å². The second-order valence-corrected chi connectivity index (χ2v) is 7.89. The first-order valence-electron chi connectivity index (χ1n) is 10.6. The van der Waals surface area contributed by atoms with Crippen LogP contribution < -0.4 is 10.6 Å². The monoisotopic (exact) mass is 426 g/mol. The first-order valence-corrected chi connectivity index (χ1v) is 10.6. The zero-order chi connectivity index (χ0) is 22.7. The summed E-state index contributed by atoms with van der Waals surface area (Å²) in [5.41, 5.74) is 6.13. The van der Waals surface area contributed by atoms with Gasteiger partial charge in [0.25, 0.3) is 5.91 Å². The van der Waals surface area contributed by atoms with Crippen LogP contribution in [0.5, 0.6) is 0 Å². The number of para-hydroxylation sites is 1. The summed E-state index contributed by atoms with van der Waals surface area (Å²) in [5, 5.41) is 6.99. The number of pyridine rings is 2. The molecule has 3 heterocycles. The topological polar surface area (TPSA) is 92.7 Å². The lowest BCUT2D eigenvalue weighted by Crippen LogP contribution is -2.19. The molecule has 0 unspecified atom stereocenters. The predicted octanol–water partition coefficient (Wildman–Crippen LogP) is 4.28. The first kappa shape index (κ1) is 21.4. The summed E-state index contributed by atoms with van der Waals surface area (Å²) in [5.74, 6) is 0.783. The lowest BCUT2D eigenvalue weighted by molar-refractivity contribution is 0.0964.